The number of rotatable bonds is 10. The highest BCUT2D eigenvalue weighted by atomic mass is 16.5. The predicted octanol–water partition coefficient (Wildman–Crippen LogP) is 1.99. The summed E-state index contributed by atoms with van der Waals surface area (Å²) in [7, 11) is 1.70. The van der Waals surface area contributed by atoms with Gasteiger partial charge in [0.05, 0.1) is 0 Å². The molecule has 0 unspecified atom stereocenters. The predicted molar refractivity (Wildman–Crippen MR) is 55.2 cm³/mol. The van der Waals surface area contributed by atoms with E-state index in [2.05, 4.69) is 0 Å². The van der Waals surface area contributed by atoms with Gasteiger partial charge in [0.2, 0.25) is 0 Å². The van der Waals surface area contributed by atoms with Crippen molar-refractivity contribution in [3.05, 3.63) is 0 Å². The largest absolute Gasteiger partial charge is 0.385 e. The monoisotopic (exact) mass is 200 g/mol. The van der Waals surface area contributed by atoms with Crippen LogP contribution in [0.5, 0.6) is 0 Å². The van der Waals surface area contributed by atoms with E-state index in [0.717, 1.165) is 44.9 Å². The van der Waals surface area contributed by atoms with E-state index < -0.39 is 0 Å². The molecule has 0 fully saturated rings. The van der Waals surface area contributed by atoms with Crippen LogP contribution in [0.15, 0.2) is 0 Å². The minimum absolute atomic E-state index is 0.257. The maximum Gasteiger partial charge on any atom is 0.120 e. The average molecular weight is 200 g/mol. The molecule has 0 amide bonds. The van der Waals surface area contributed by atoms with Crippen molar-refractivity contribution in [1.82, 2.24) is 0 Å². The highest BCUT2D eigenvalue weighted by molar-refractivity contribution is 5.54. The van der Waals surface area contributed by atoms with Crippen LogP contribution < -0.4 is 0 Å². The lowest BCUT2D eigenvalue weighted by atomic mass is 9.96. The standard InChI is InChI=1S/C11H20O3/c1-14-10-4-2-3-5-11(6-8-12)7-9-13/h8-9,11H,2-7,10H2,1H3. The van der Waals surface area contributed by atoms with Crippen LogP contribution in [0.25, 0.3) is 0 Å². The summed E-state index contributed by atoms with van der Waals surface area (Å²) in [5, 5.41) is 0. The van der Waals surface area contributed by atoms with Crippen molar-refractivity contribution in [2.45, 2.75) is 38.5 Å². The van der Waals surface area contributed by atoms with E-state index in [1.807, 2.05) is 0 Å². The number of carbonyl (C=O) groups excluding carboxylic acids is 2. The van der Waals surface area contributed by atoms with E-state index in [-0.39, 0.29) is 5.92 Å². The Balaban J connectivity index is 3.39. The summed E-state index contributed by atoms with van der Waals surface area (Å²) >= 11 is 0. The second-order valence-electron chi connectivity index (χ2n) is 3.51. The van der Waals surface area contributed by atoms with Crippen LogP contribution in [-0.4, -0.2) is 26.3 Å². The first-order chi connectivity index (χ1) is 6.85. The summed E-state index contributed by atoms with van der Waals surface area (Å²) in [5.74, 6) is 0.257. The Morgan fingerprint density at radius 2 is 1.71 bits per heavy atom. The molecule has 0 atom stereocenters. The van der Waals surface area contributed by atoms with Crippen molar-refractivity contribution in [2.24, 2.45) is 5.92 Å². The summed E-state index contributed by atoms with van der Waals surface area (Å²) in [6, 6.07) is 0. The molecule has 0 saturated carbocycles. The van der Waals surface area contributed by atoms with Gasteiger partial charge in [-0.05, 0) is 18.8 Å². The van der Waals surface area contributed by atoms with Crippen molar-refractivity contribution in [2.75, 3.05) is 13.7 Å². The zero-order valence-electron chi connectivity index (χ0n) is 8.91. The summed E-state index contributed by atoms with van der Waals surface area (Å²) in [4.78, 5) is 20.6. The lowest BCUT2D eigenvalue weighted by Crippen LogP contribution is -2.02. The van der Waals surface area contributed by atoms with E-state index in [4.69, 9.17) is 4.74 Å². The van der Waals surface area contributed by atoms with Gasteiger partial charge in [-0.15, -0.1) is 0 Å². The first-order valence-corrected chi connectivity index (χ1v) is 5.21. The molecule has 0 heterocycles. The topological polar surface area (TPSA) is 43.4 Å². The van der Waals surface area contributed by atoms with Crippen LogP contribution in [0.4, 0.5) is 0 Å². The van der Waals surface area contributed by atoms with E-state index >= 15 is 0 Å². The van der Waals surface area contributed by atoms with Gasteiger partial charge in [0, 0.05) is 26.6 Å². The molecule has 0 aromatic carbocycles. The second-order valence-corrected chi connectivity index (χ2v) is 3.51. The highest BCUT2D eigenvalue weighted by Gasteiger charge is 2.06. The lowest BCUT2D eigenvalue weighted by Gasteiger charge is -2.09. The van der Waals surface area contributed by atoms with Crippen LogP contribution >= 0.6 is 0 Å². The first kappa shape index (κ1) is 13.3. The van der Waals surface area contributed by atoms with Crippen molar-refractivity contribution in [3.63, 3.8) is 0 Å². The minimum Gasteiger partial charge on any atom is -0.385 e. The molecular formula is C11H20O3. The zero-order chi connectivity index (χ0) is 10.6. The van der Waals surface area contributed by atoms with Gasteiger partial charge in [0.15, 0.2) is 0 Å². The van der Waals surface area contributed by atoms with Crippen LogP contribution in [0.1, 0.15) is 38.5 Å². The van der Waals surface area contributed by atoms with Crippen LogP contribution in [0.3, 0.4) is 0 Å². The molecule has 3 heteroatoms. The number of aldehydes is 2. The molecule has 0 aromatic rings. The van der Waals surface area contributed by atoms with Gasteiger partial charge >= 0.3 is 0 Å². The molecule has 0 N–H and O–H groups in total. The molecule has 0 bridgehead atoms. The quantitative estimate of drug-likeness (QED) is 0.400. The number of carbonyl (C=O) groups is 2. The van der Waals surface area contributed by atoms with Gasteiger partial charge in [-0.2, -0.15) is 0 Å². The number of methoxy groups -OCH3 is 1. The molecule has 0 rings (SSSR count). The first-order valence-electron chi connectivity index (χ1n) is 5.21. The van der Waals surface area contributed by atoms with Gasteiger partial charge in [0.1, 0.15) is 12.6 Å². The van der Waals surface area contributed by atoms with E-state index in [1.165, 1.54) is 0 Å². The molecule has 0 radical (unpaired) electrons. The Kier molecular flexibility index (Phi) is 9.86. The number of unbranched alkanes of at least 4 members (excludes halogenated alkanes) is 2. The number of hydrogen-bond donors (Lipinski definition) is 0. The Bertz CT molecular complexity index is 135. The van der Waals surface area contributed by atoms with Gasteiger partial charge in [-0.25, -0.2) is 0 Å². The molecule has 0 aliphatic rings. The van der Waals surface area contributed by atoms with E-state index in [0.29, 0.717) is 12.8 Å². The van der Waals surface area contributed by atoms with Crippen LogP contribution in [-0.2, 0) is 14.3 Å². The van der Waals surface area contributed by atoms with Crippen molar-refractivity contribution < 1.29 is 14.3 Å². The van der Waals surface area contributed by atoms with Crippen LogP contribution in [0, 0.1) is 5.92 Å². The summed E-state index contributed by atoms with van der Waals surface area (Å²) in [5.41, 5.74) is 0. The third-order valence-electron chi connectivity index (χ3n) is 2.32. The Labute approximate surface area is 85.8 Å². The molecule has 14 heavy (non-hydrogen) atoms. The third-order valence-corrected chi connectivity index (χ3v) is 2.32. The summed E-state index contributed by atoms with van der Waals surface area (Å²) < 4.78 is 4.93. The molecule has 0 saturated heterocycles. The SMILES string of the molecule is COCCCCCC(CC=O)CC=O. The van der Waals surface area contributed by atoms with E-state index in [9.17, 15) is 9.59 Å². The number of ether oxygens (including phenoxy) is 1. The van der Waals surface area contributed by atoms with E-state index in [1.54, 1.807) is 7.11 Å². The smallest absolute Gasteiger partial charge is 0.120 e. The maximum atomic E-state index is 10.3. The Morgan fingerprint density at radius 3 is 2.21 bits per heavy atom. The average Bonchev–Trinajstić information content (AvgIpc) is 2.18. The van der Waals surface area contributed by atoms with Crippen molar-refractivity contribution in [3.8, 4) is 0 Å². The molecule has 0 aliphatic carbocycles. The molecule has 0 spiro atoms. The fraction of sp³-hybridized carbons (Fsp3) is 0.818. The highest BCUT2D eigenvalue weighted by Crippen LogP contribution is 2.15. The van der Waals surface area contributed by atoms with Gasteiger partial charge in [-0.3, -0.25) is 0 Å². The maximum absolute atomic E-state index is 10.3. The second kappa shape index (κ2) is 10.4. The summed E-state index contributed by atoms with van der Waals surface area (Å²) in [6.45, 7) is 0.798. The number of hydrogen-bond acceptors (Lipinski definition) is 3. The van der Waals surface area contributed by atoms with Crippen molar-refractivity contribution >= 4 is 12.6 Å². The van der Waals surface area contributed by atoms with Gasteiger partial charge in [-0.1, -0.05) is 12.8 Å². The van der Waals surface area contributed by atoms with Crippen LogP contribution in [0.2, 0.25) is 0 Å². The van der Waals surface area contributed by atoms with Gasteiger partial charge < -0.3 is 14.3 Å². The minimum atomic E-state index is 0.257. The van der Waals surface area contributed by atoms with Crippen molar-refractivity contribution in [1.29, 1.82) is 0 Å². The molecule has 0 aromatic heterocycles. The Morgan fingerprint density at radius 1 is 1.07 bits per heavy atom. The normalized spacial score (nSPS) is 10.4. The van der Waals surface area contributed by atoms with Gasteiger partial charge in [0.25, 0.3) is 0 Å². The fourth-order valence-corrected chi connectivity index (χ4v) is 1.46. The lowest BCUT2D eigenvalue weighted by molar-refractivity contribution is -0.110. The zero-order valence-corrected chi connectivity index (χ0v) is 8.91. The molecule has 82 valence electrons. The molecule has 0 aliphatic heterocycles. The molecule has 3 nitrogen and oxygen atoms in total. The third kappa shape index (κ3) is 7.92. The Hall–Kier alpha value is -0.700. The summed E-state index contributed by atoms with van der Waals surface area (Å²) in [6.07, 6.45) is 7.07. The molecular weight excluding hydrogens is 180 g/mol. The fourth-order valence-electron chi connectivity index (χ4n) is 1.46.